The van der Waals surface area contributed by atoms with Crippen LogP contribution in [-0.2, 0) is 4.79 Å². The number of hydrogen-bond donors (Lipinski definition) is 2. The molecule has 0 radical (unpaired) electrons. The van der Waals surface area contributed by atoms with Crippen molar-refractivity contribution in [3.05, 3.63) is 24.5 Å². The molecule has 0 aromatic carbocycles. The largest absolute Gasteiger partial charge is 0.354 e. The predicted octanol–water partition coefficient (Wildman–Crippen LogP) is 1.71. The van der Waals surface area contributed by atoms with Gasteiger partial charge < -0.3 is 10.6 Å². The van der Waals surface area contributed by atoms with Gasteiger partial charge in [-0.15, -0.1) is 24.2 Å². The minimum atomic E-state index is 0. The van der Waals surface area contributed by atoms with Crippen molar-refractivity contribution < 1.29 is 4.79 Å². The molecule has 0 saturated carbocycles. The van der Waals surface area contributed by atoms with Gasteiger partial charge in [0.2, 0.25) is 5.91 Å². The first kappa shape index (κ1) is 17.2. The number of carbonyl (C=O) groups excluding carboxylic acids is 1. The second kappa shape index (κ2) is 11.3. The second-order valence-electron chi connectivity index (χ2n) is 3.57. The van der Waals surface area contributed by atoms with Crippen LogP contribution in [0.25, 0.3) is 0 Å². The molecule has 0 unspecified atom stereocenters. The van der Waals surface area contributed by atoms with Gasteiger partial charge in [-0.25, -0.2) is 0 Å². The van der Waals surface area contributed by atoms with E-state index in [1.165, 1.54) is 11.8 Å². The van der Waals surface area contributed by atoms with Crippen LogP contribution in [-0.4, -0.2) is 36.3 Å². The van der Waals surface area contributed by atoms with Crippen molar-refractivity contribution in [2.75, 3.05) is 25.4 Å². The van der Waals surface area contributed by atoms with Gasteiger partial charge >= 0.3 is 0 Å². The Morgan fingerprint density at radius 2 is 2.00 bits per heavy atom. The van der Waals surface area contributed by atoms with Crippen LogP contribution in [0.5, 0.6) is 0 Å². The molecule has 0 saturated heterocycles. The Balaban J connectivity index is 0.00000289. The van der Waals surface area contributed by atoms with Gasteiger partial charge in [0.25, 0.3) is 0 Å². The number of halogens is 1. The Bertz CT molecular complexity index is 324. The maximum absolute atomic E-state index is 11.5. The summed E-state index contributed by atoms with van der Waals surface area (Å²) in [5.74, 6) is 0.530. The molecule has 6 heteroatoms. The topological polar surface area (TPSA) is 54.0 Å². The van der Waals surface area contributed by atoms with E-state index in [0.29, 0.717) is 12.3 Å². The van der Waals surface area contributed by atoms with E-state index in [1.54, 1.807) is 12.4 Å². The molecule has 4 nitrogen and oxygen atoms in total. The van der Waals surface area contributed by atoms with E-state index in [4.69, 9.17) is 0 Å². The standard InChI is InChI=1S/C12H19N3OS.ClH/c1-2-5-13-8-9-15-12(16)10-17-11-3-6-14-7-4-11;/h3-4,6-7,13H,2,5,8-10H2,1H3,(H,15,16);1H. The molecule has 0 fully saturated rings. The van der Waals surface area contributed by atoms with Gasteiger partial charge in [-0.1, -0.05) is 6.92 Å². The lowest BCUT2D eigenvalue weighted by molar-refractivity contribution is -0.118. The van der Waals surface area contributed by atoms with Gasteiger partial charge in [0, 0.05) is 30.4 Å². The summed E-state index contributed by atoms with van der Waals surface area (Å²) in [4.78, 5) is 16.5. The summed E-state index contributed by atoms with van der Waals surface area (Å²) >= 11 is 1.52. The molecule has 2 N–H and O–H groups in total. The summed E-state index contributed by atoms with van der Waals surface area (Å²) < 4.78 is 0. The minimum Gasteiger partial charge on any atom is -0.354 e. The first-order valence-corrected chi connectivity index (χ1v) is 6.81. The number of hydrogen-bond acceptors (Lipinski definition) is 4. The highest BCUT2D eigenvalue weighted by Gasteiger charge is 2.01. The van der Waals surface area contributed by atoms with Gasteiger partial charge in [0.1, 0.15) is 0 Å². The molecular weight excluding hydrogens is 270 g/mol. The lowest BCUT2D eigenvalue weighted by Crippen LogP contribution is -2.33. The number of nitrogens with zero attached hydrogens (tertiary/aromatic N) is 1. The Kier molecular flexibility index (Phi) is 10.8. The van der Waals surface area contributed by atoms with Crippen LogP contribution in [0, 0.1) is 0 Å². The fourth-order valence-electron chi connectivity index (χ4n) is 1.23. The van der Waals surface area contributed by atoms with E-state index >= 15 is 0 Å². The number of nitrogens with one attached hydrogen (secondary N) is 2. The molecule has 0 aliphatic rings. The highest BCUT2D eigenvalue weighted by atomic mass is 35.5. The second-order valence-corrected chi connectivity index (χ2v) is 4.62. The minimum absolute atomic E-state index is 0. The lowest BCUT2D eigenvalue weighted by Gasteiger charge is -2.05. The Morgan fingerprint density at radius 1 is 1.28 bits per heavy atom. The van der Waals surface area contributed by atoms with Crippen LogP contribution in [0.4, 0.5) is 0 Å². The summed E-state index contributed by atoms with van der Waals surface area (Å²) in [5, 5.41) is 6.11. The van der Waals surface area contributed by atoms with E-state index in [1.807, 2.05) is 12.1 Å². The SMILES string of the molecule is CCCNCCNC(=O)CSc1ccncc1.Cl. The molecule has 18 heavy (non-hydrogen) atoms. The molecule has 1 heterocycles. The van der Waals surface area contributed by atoms with Crippen LogP contribution in [0.1, 0.15) is 13.3 Å². The highest BCUT2D eigenvalue weighted by molar-refractivity contribution is 8.00. The molecule has 1 amide bonds. The summed E-state index contributed by atoms with van der Waals surface area (Å²) in [5.41, 5.74) is 0. The molecule has 0 aliphatic heterocycles. The van der Waals surface area contributed by atoms with Crippen LogP contribution < -0.4 is 10.6 Å². The fraction of sp³-hybridized carbons (Fsp3) is 0.500. The molecule has 102 valence electrons. The lowest BCUT2D eigenvalue weighted by atomic mass is 10.4. The maximum Gasteiger partial charge on any atom is 0.230 e. The fourth-order valence-corrected chi connectivity index (χ4v) is 1.94. The zero-order chi connectivity index (χ0) is 12.3. The van der Waals surface area contributed by atoms with Gasteiger partial charge in [-0.05, 0) is 25.1 Å². The Hall–Kier alpha value is -0.780. The molecule has 1 rings (SSSR count). The zero-order valence-corrected chi connectivity index (χ0v) is 12.1. The predicted molar refractivity (Wildman–Crippen MR) is 78.4 cm³/mol. The monoisotopic (exact) mass is 289 g/mol. The third-order valence-corrected chi connectivity index (χ3v) is 3.08. The molecular formula is C12H20ClN3OS. The summed E-state index contributed by atoms with van der Waals surface area (Å²) in [6.45, 7) is 4.65. The number of aromatic nitrogens is 1. The van der Waals surface area contributed by atoms with Crippen molar-refractivity contribution in [2.45, 2.75) is 18.2 Å². The quantitative estimate of drug-likeness (QED) is 0.565. The summed E-state index contributed by atoms with van der Waals surface area (Å²) in [6.07, 6.45) is 4.58. The average Bonchev–Trinajstić information content (AvgIpc) is 2.37. The van der Waals surface area contributed by atoms with E-state index < -0.39 is 0 Å². The van der Waals surface area contributed by atoms with Gasteiger partial charge in [-0.2, -0.15) is 0 Å². The van der Waals surface area contributed by atoms with Crippen molar-refractivity contribution in [3.8, 4) is 0 Å². The van der Waals surface area contributed by atoms with Crippen molar-refractivity contribution in [3.63, 3.8) is 0 Å². The summed E-state index contributed by atoms with van der Waals surface area (Å²) in [6, 6.07) is 3.81. The van der Waals surface area contributed by atoms with Gasteiger partial charge in [0.15, 0.2) is 0 Å². The van der Waals surface area contributed by atoms with Crippen molar-refractivity contribution in [1.82, 2.24) is 15.6 Å². The average molecular weight is 290 g/mol. The van der Waals surface area contributed by atoms with E-state index in [2.05, 4.69) is 22.5 Å². The number of rotatable bonds is 8. The van der Waals surface area contributed by atoms with Crippen LogP contribution in [0.2, 0.25) is 0 Å². The number of amides is 1. The first-order valence-electron chi connectivity index (χ1n) is 5.83. The number of carbonyl (C=O) groups is 1. The molecule has 1 aromatic rings. The summed E-state index contributed by atoms with van der Waals surface area (Å²) in [7, 11) is 0. The highest BCUT2D eigenvalue weighted by Crippen LogP contribution is 2.15. The smallest absolute Gasteiger partial charge is 0.230 e. The normalized spacial score (nSPS) is 9.61. The zero-order valence-electron chi connectivity index (χ0n) is 10.5. The van der Waals surface area contributed by atoms with Crippen LogP contribution in [0.3, 0.4) is 0 Å². The third kappa shape index (κ3) is 8.33. The molecule has 1 aromatic heterocycles. The first-order chi connectivity index (χ1) is 8.33. The van der Waals surface area contributed by atoms with Crippen molar-refractivity contribution in [1.29, 1.82) is 0 Å². The van der Waals surface area contributed by atoms with E-state index in [9.17, 15) is 4.79 Å². The van der Waals surface area contributed by atoms with E-state index in [-0.39, 0.29) is 18.3 Å². The van der Waals surface area contributed by atoms with E-state index in [0.717, 1.165) is 24.4 Å². The third-order valence-electron chi connectivity index (χ3n) is 2.07. The molecule has 0 spiro atoms. The van der Waals surface area contributed by atoms with Crippen LogP contribution >= 0.6 is 24.2 Å². The maximum atomic E-state index is 11.5. The number of pyridine rings is 1. The van der Waals surface area contributed by atoms with Gasteiger partial charge in [-0.3, -0.25) is 9.78 Å². The van der Waals surface area contributed by atoms with Crippen molar-refractivity contribution >= 4 is 30.1 Å². The van der Waals surface area contributed by atoms with Crippen molar-refractivity contribution in [2.24, 2.45) is 0 Å². The Morgan fingerprint density at radius 3 is 2.67 bits per heavy atom. The number of thioether (sulfide) groups is 1. The Labute approximate surface area is 119 Å². The molecule has 0 aliphatic carbocycles. The molecule has 0 bridgehead atoms. The molecule has 0 atom stereocenters. The van der Waals surface area contributed by atoms with Gasteiger partial charge in [0.05, 0.1) is 5.75 Å². The van der Waals surface area contributed by atoms with Crippen LogP contribution in [0.15, 0.2) is 29.4 Å².